The summed E-state index contributed by atoms with van der Waals surface area (Å²) in [5.74, 6) is 0. The number of pyridine rings is 1. The zero-order valence-corrected chi connectivity index (χ0v) is 12.4. The van der Waals surface area contributed by atoms with E-state index in [4.69, 9.17) is 16.6 Å². The highest BCUT2D eigenvalue weighted by Crippen LogP contribution is 2.30. The van der Waals surface area contributed by atoms with Crippen molar-refractivity contribution >= 4 is 45.1 Å². The fourth-order valence-electron chi connectivity index (χ4n) is 1.56. The minimum Gasteiger partial charge on any atom is -0.251 e. The number of hydrogen-bond acceptors (Lipinski definition) is 1. The first-order valence-electron chi connectivity index (χ1n) is 5.15. The number of fused-ring (bicyclic) bond motifs is 1. The second-order valence-electron chi connectivity index (χ2n) is 4.88. The molecule has 0 atom stereocenters. The number of aromatic nitrogens is 1. The van der Waals surface area contributed by atoms with Crippen LogP contribution >= 0.6 is 34.2 Å². The standard InChI is InChI=1S/C13H13ClIN/c1-13(2,3)11-7-9(14)8-5-4-6-10(15)12(8)16-11/h4-7H,1-3H3. The molecule has 84 valence electrons. The van der Waals surface area contributed by atoms with E-state index in [0.717, 1.165) is 25.2 Å². The van der Waals surface area contributed by atoms with Gasteiger partial charge < -0.3 is 0 Å². The van der Waals surface area contributed by atoms with Gasteiger partial charge in [0.15, 0.2) is 0 Å². The molecule has 1 aromatic carbocycles. The van der Waals surface area contributed by atoms with E-state index in [1.165, 1.54) is 0 Å². The molecule has 0 N–H and O–H groups in total. The lowest BCUT2D eigenvalue weighted by Gasteiger charge is -2.19. The predicted molar refractivity (Wildman–Crippen MR) is 78.2 cm³/mol. The smallest absolute Gasteiger partial charge is 0.0853 e. The first-order chi connectivity index (χ1) is 7.39. The van der Waals surface area contributed by atoms with Crippen LogP contribution in [0.3, 0.4) is 0 Å². The van der Waals surface area contributed by atoms with Crippen LogP contribution in [0.15, 0.2) is 24.3 Å². The van der Waals surface area contributed by atoms with E-state index in [9.17, 15) is 0 Å². The molecule has 0 spiro atoms. The number of benzene rings is 1. The topological polar surface area (TPSA) is 12.9 Å². The highest BCUT2D eigenvalue weighted by atomic mass is 127. The molecule has 1 nitrogen and oxygen atoms in total. The van der Waals surface area contributed by atoms with Crippen molar-refractivity contribution < 1.29 is 0 Å². The lowest BCUT2D eigenvalue weighted by Crippen LogP contribution is -2.13. The molecule has 1 aromatic heterocycles. The number of para-hydroxylation sites is 1. The summed E-state index contributed by atoms with van der Waals surface area (Å²) >= 11 is 8.60. The summed E-state index contributed by atoms with van der Waals surface area (Å²) in [6.07, 6.45) is 0. The van der Waals surface area contributed by atoms with Gasteiger partial charge in [0, 0.05) is 20.1 Å². The summed E-state index contributed by atoms with van der Waals surface area (Å²) in [6.45, 7) is 6.44. The SMILES string of the molecule is CC(C)(C)c1cc(Cl)c2cccc(I)c2n1. The van der Waals surface area contributed by atoms with Crippen LogP contribution in [-0.4, -0.2) is 4.98 Å². The molecule has 0 saturated carbocycles. The van der Waals surface area contributed by atoms with E-state index >= 15 is 0 Å². The van der Waals surface area contributed by atoms with Gasteiger partial charge >= 0.3 is 0 Å². The van der Waals surface area contributed by atoms with E-state index in [2.05, 4.69) is 49.4 Å². The maximum absolute atomic E-state index is 6.30. The Morgan fingerprint density at radius 2 is 1.94 bits per heavy atom. The highest BCUT2D eigenvalue weighted by Gasteiger charge is 2.17. The molecule has 0 saturated heterocycles. The maximum Gasteiger partial charge on any atom is 0.0853 e. The highest BCUT2D eigenvalue weighted by molar-refractivity contribution is 14.1. The van der Waals surface area contributed by atoms with Gasteiger partial charge in [-0.3, -0.25) is 4.98 Å². The fraction of sp³-hybridized carbons (Fsp3) is 0.308. The molecule has 0 amide bonds. The average Bonchev–Trinajstić information content (AvgIpc) is 2.18. The van der Waals surface area contributed by atoms with Gasteiger partial charge in [0.05, 0.1) is 10.5 Å². The van der Waals surface area contributed by atoms with E-state index in [-0.39, 0.29) is 5.41 Å². The molecule has 3 heteroatoms. The molecular weight excluding hydrogens is 333 g/mol. The number of halogens is 2. The Hall–Kier alpha value is -0.350. The number of nitrogens with zero attached hydrogens (tertiary/aromatic N) is 1. The molecule has 0 fully saturated rings. The van der Waals surface area contributed by atoms with Crippen molar-refractivity contribution in [2.45, 2.75) is 26.2 Å². The van der Waals surface area contributed by atoms with E-state index < -0.39 is 0 Å². The van der Waals surface area contributed by atoms with Crippen molar-refractivity contribution in [1.82, 2.24) is 4.98 Å². The second kappa shape index (κ2) is 4.15. The third-order valence-corrected chi connectivity index (χ3v) is 3.69. The normalized spacial score (nSPS) is 12.1. The van der Waals surface area contributed by atoms with Gasteiger partial charge in [0.2, 0.25) is 0 Å². The lowest BCUT2D eigenvalue weighted by atomic mass is 9.91. The zero-order valence-electron chi connectivity index (χ0n) is 9.51. The molecule has 16 heavy (non-hydrogen) atoms. The molecule has 2 rings (SSSR count). The molecule has 0 radical (unpaired) electrons. The quantitative estimate of drug-likeness (QED) is 0.626. The molecule has 0 aliphatic heterocycles. The molecule has 1 heterocycles. The van der Waals surface area contributed by atoms with Crippen LogP contribution in [0, 0.1) is 3.57 Å². The van der Waals surface area contributed by atoms with Crippen molar-refractivity contribution in [3.63, 3.8) is 0 Å². The second-order valence-corrected chi connectivity index (χ2v) is 6.44. The molecule has 0 aliphatic rings. The predicted octanol–water partition coefficient (Wildman–Crippen LogP) is 4.79. The Bertz CT molecular complexity index is 543. The zero-order chi connectivity index (χ0) is 11.9. The third-order valence-electron chi connectivity index (χ3n) is 2.51. The van der Waals surface area contributed by atoms with Crippen LogP contribution in [0.4, 0.5) is 0 Å². The number of hydrogen-bond donors (Lipinski definition) is 0. The Morgan fingerprint density at radius 1 is 1.25 bits per heavy atom. The first kappa shape index (κ1) is 12.1. The van der Waals surface area contributed by atoms with Crippen LogP contribution in [-0.2, 0) is 5.41 Å². The minimum absolute atomic E-state index is 0.0246. The fourth-order valence-corrected chi connectivity index (χ4v) is 2.43. The summed E-state index contributed by atoms with van der Waals surface area (Å²) in [7, 11) is 0. The van der Waals surface area contributed by atoms with Crippen LogP contribution in [0.2, 0.25) is 5.02 Å². The molecule has 2 aromatic rings. The summed E-state index contributed by atoms with van der Waals surface area (Å²) in [4.78, 5) is 4.71. The Morgan fingerprint density at radius 3 is 2.56 bits per heavy atom. The van der Waals surface area contributed by atoms with Gasteiger partial charge in [0.25, 0.3) is 0 Å². The van der Waals surface area contributed by atoms with E-state index in [1.807, 2.05) is 18.2 Å². The molecule has 0 bridgehead atoms. The van der Waals surface area contributed by atoms with Crippen LogP contribution in [0.25, 0.3) is 10.9 Å². The van der Waals surface area contributed by atoms with Crippen molar-refractivity contribution in [2.75, 3.05) is 0 Å². The minimum atomic E-state index is 0.0246. The largest absolute Gasteiger partial charge is 0.251 e. The summed E-state index contributed by atoms with van der Waals surface area (Å²) in [5, 5.41) is 1.81. The van der Waals surface area contributed by atoms with Gasteiger partial charge in [-0.05, 0) is 34.7 Å². The Labute approximate surface area is 114 Å². The summed E-state index contributed by atoms with van der Waals surface area (Å²) < 4.78 is 1.14. The van der Waals surface area contributed by atoms with E-state index in [0.29, 0.717) is 0 Å². The van der Waals surface area contributed by atoms with Gasteiger partial charge in [0.1, 0.15) is 0 Å². The summed E-state index contributed by atoms with van der Waals surface area (Å²) in [6, 6.07) is 8.05. The van der Waals surface area contributed by atoms with Gasteiger partial charge in [-0.1, -0.05) is 44.5 Å². The Balaban J connectivity index is 2.81. The lowest BCUT2D eigenvalue weighted by molar-refractivity contribution is 0.571. The first-order valence-corrected chi connectivity index (χ1v) is 6.60. The third kappa shape index (κ3) is 2.18. The molecular formula is C13H13ClIN. The number of rotatable bonds is 0. The van der Waals surface area contributed by atoms with Gasteiger partial charge in [-0.15, -0.1) is 0 Å². The Kier molecular flexibility index (Phi) is 3.14. The van der Waals surface area contributed by atoms with Crippen LogP contribution < -0.4 is 0 Å². The van der Waals surface area contributed by atoms with Crippen LogP contribution in [0.1, 0.15) is 26.5 Å². The van der Waals surface area contributed by atoms with Crippen LogP contribution in [0.5, 0.6) is 0 Å². The van der Waals surface area contributed by atoms with Crippen molar-refractivity contribution in [3.05, 3.63) is 38.6 Å². The van der Waals surface area contributed by atoms with Gasteiger partial charge in [-0.2, -0.15) is 0 Å². The van der Waals surface area contributed by atoms with Crippen molar-refractivity contribution in [1.29, 1.82) is 0 Å². The van der Waals surface area contributed by atoms with Gasteiger partial charge in [-0.25, -0.2) is 0 Å². The van der Waals surface area contributed by atoms with Crippen molar-refractivity contribution in [3.8, 4) is 0 Å². The summed E-state index contributed by atoms with van der Waals surface area (Å²) in [5.41, 5.74) is 2.06. The maximum atomic E-state index is 6.30. The molecule has 0 aliphatic carbocycles. The van der Waals surface area contributed by atoms with E-state index in [1.54, 1.807) is 0 Å². The van der Waals surface area contributed by atoms with Crippen molar-refractivity contribution in [2.24, 2.45) is 0 Å². The monoisotopic (exact) mass is 345 g/mol. The molecule has 0 unspecified atom stereocenters. The average molecular weight is 346 g/mol.